The maximum absolute atomic E-state index is 12.2. The quantitative estimate of drug-likeness (QED) is 0.817. The van der Waals surface area contributed by atoms with Crippen molar-refractivity contribution in [3.05, 3.63) is 0 Å². The molecule has 0 aromatic rings. The van der Waals surface area contributed by atoms with Crippen LogP contribution in [0.3, 0.4) is 0 Å². The van der Waals surface area contributed by atoms with E-state index in [2.05, 4.69) is 5.32 Å². The topological polar surface area (TPSA) is 35.5 Å². The van der Waals surface area contributed by atoms with Crippen molar-refractivity contribution >= 4 is 0 Å². The Kier molecular flexibility index (Phi) is 5.31. The summed E-state index contributed by atoms with van der Waals surface area (Å²) in [5, 5.41) is 13.6. The van der Waals surface area contributed by atoms with Gasteiger partial charge < -0.3 is 15.3 Å². The van der Waals surface area contributed by atoms with Crippen molar-refractivity contribution in [2.24, 2.45) is 0 Å². The number of hydrogen-bond donors (Lipinski definition) is 2. The summed E-state index contributed by atoms with van der Waals surface area (Å²) in [6, 6.07) is 0.335. The van der Waals surface area contributed by atoms with Crippen LogP contribution in [-0.2, 0) is 0 Å². The zero-order valence-corrected chi connectivity index (χ0v) is 11.9. The zero-order chi connectivity index (χ0) is 14.6. The lowest BCUT2D eigenvalue weighted by Gasteiger charge is -2.34. The highest BCUT2D eigenvalue weighted by atomic mass is 19.4. The van der Waals surface area contributed by atoms with Crippen molar-refractivity contribution in [1.82, 2.24) is 10.2 Å². The number of piperidine rings is 1. The van der Waals surface area contributed by atoms with Gasteiger partial charge in [0.05, 0.1) is 12.0 Å². The first kappa shape index (κ1) is 16.0. The predicted octanol–water partition coefficient (Wildman–Crippen LogP) is 2.30. The van der Waals surface area contributed by atoms with E-state index in [9.17, 15) is 18.3 Å². The standard InChI is InChI=1S/C14H25F3N2O/c15-14(16,17)7-10-19-8-3-12(4-9-19)18-11-13(20)5-1-2-6-13/h12,18,20H,1-11H2. The highest BCUT2D eigenvalue weighted by Gasteiger charge is 2.32. The van der Waals surface area contributed by atoms with E-state index in [1.54, 1.807) is 0 Å². The third-order valence-corrected chi connectivity index (χ3v) is 4.55. The summed E-state index contributed by atoms with van der Waals surface area (Å²) in [5.41, 5.74) is -0.548. The van der Waals surface area contributed by atoms with Crippen LogP contribution in [0.5, 0.6) is 0 Å². The van der Waals surface area contributed by atoms with E-state index >= 15 is 0 Å². The van der Waals surface area contributed by atoms with Gasteiger partial charge in [0, 0.05) is 19.1 Å². The van der Waals surface area contributed by atoms with Crippen LogP contribution in [-0.4, -0.2) is 54.0 Å². The lowest BCUT2D eigenvalue weighted by Crippen LogP contribution is -2.48. The summed E-state index contributed by atoms with van der Waals surface area (Å²) in [5.74, 6) is 0. The molecule has 1 saturated heterocycles. The molecule has 0 aromatic carbocycles. The van der Waals surface area contributed by atoms with Crippen LogP contribution in [0.1, 0.15) is 44.9 Å². The first-order valence-electron chi connectivity index (χ1n) is 7.61. The van der Waals surface area contributed by atoms with Gasteiger partial charge in [-0.1, -0.05) is 12.8 Å². The Morgan fingerprint density at radius 1 is 1.15 bits per heavy atom. The third kappa shape index (κ3) is 5.22. The van der Waals surface area contributed by atoms with Gasteiger partial charge in [0.15, 0.2) is 0 Å². The maximum atomic E-state index is 12.2. The number of alkyl halides is 3. The van der Waals surface area contributed by atoms with Crippen LogP contribution in [0.15, 0.2) is 0 Å². The Bertz CT molecular complexity index is 295. The van der Waals surface area contributed by atoms with Gasteiger partial charge in [-0.2, -0.15) is 13.2 Å². The minimum Gasteiger partial charge on any atom is -0.389 e. The summed E-state index contributed by atoms with van der Waals surface area (Å²) in [4.78, 5) is 1.88. The first-order valence-corrected chi connectivity index (χ1v) is 7.61. The van der Waals surface area contributed by atoms with E-state index < -0.39 is 18.2 Å². The molecule has 20 heavy (non-hydrogen) atoms. The van der Waals surface area contributed by atoms with Crippen LogP contribution in [0.2, 0.25) is 0 Å². The average molecular weight is 294 g/mol. The van der Waals surface area contributed by atoms with E-state index in [4.69, 9.17) is 0 Å². The molecule has 0 spiro atoms. The second-order valence-electron chi connectivity index (χ2n) is 6.29. The Labute approximate surface area is 118 Å². The molecular formula is C14H25F3N2O. The number of nitrogens with one attached hydrogen (secondary N) is 1. The fourth-order valence-corrected chi connectivity index (χ4v) is 3.19. The highest BCUT2D eigenvalue weighted by molar-refractivity contribution is 4.88. The molecular weight excluding hydrogens is 269 g/mol. The highest BCUT2D eigenvalue weighted by Crippen LogP contribution is 2.29. The van der Waals surface area contributed by atoms with Gasteiger partial charge >= 0.3 is 6.18 Å². The second kappa shape index (κ2) is 6.62. The van der Waals surface area contributed by atoms with Gasteiger partial charge in [-0.3, -0.25) is 0 Å². The normalized spacial score (nSPS) is 25.2. The van der Waals surface area contributed by atoms with Crippen molar-refractivity contribution in [2.45, 2.75) is 62.8 Å². The van der Waals surface area contributed by atoms with Crippen LogP contribution >= 0.6 is 0 Å². The van der Waals surface area contributed by atoms with E-state index in [-0.39, 0.29) is 6.54 Å². The molecule has 6 heteroatoms. The molecule has 1 heterocycles. The lowest BCUT2D eigenvalue weighted by molar-refractivity contribution is -0.138. The monoisotopic (exact) mass is 294 g/mol. The SMILES string of the molecule is OC1(CNC2CCN(CCC(F)(F)F)CC2)CCCC1. The molecule has 1 aliphatic heterocycles. The largest absolute Gasteiger partial charge is 0.390 e. The molecule has 2 rings (SSSR count). The Balaban J connectivity index is 1.62. The van der Waals surface area contributed by atoms with Crippen LogP contribution in [0, 0.1) is 0 Å². The van der Waals surface area contributed by atoms with Crippen molar-refractivity contribution < 1.29 is 18.3 Å². The summed E-state index contributed by atoms with van der Waals surface area (Å²) in [6.45, 7) is 2.17. The molecule has 0 amide bonds. The zero-order valence-electron chi connectivity index (χ0n) is 11.9. The Morgan fingerprint density at radius 3 is 2.30 bits per heavy atom. The second-order valence-corrected chi connectivity index (χ2v) is 6.29. The minimum absolute atomic E-state index is 0.111. The van der Waals surface area contributed by atoms with Gasteiger partial charge in [0.2, 0.25) is 0 Å². The molecule has 118 valence electrons. The molecule has 2 fully saturated rings. The molecule has 0 bridgehead atoms. The van der Waals surface area contributed by atoms with Crippen molar-refractivity contribution in [3.8, 4) is 0 Å². The molecule has 0 radical (unpaired) electrons. The number of rotatable bonds is 5. The lowest BCUT2D eigenvalue weighted by atomic mass is 9.99. The van der Waals surface area contributed by atoms with Crippen LogP contribution in [0.25, 0.3) is 0 Å². The number of halogens is 3. The fraction of sp³-hybridized carbons (Fsp3) is 1.00. The Morgan fingerprint density at radius 2 is 1.75 bits per heavy atom. The molecule has 1 aliphatic carbocycles. The molecule has 1 saturated carbocycles. The van der Waals surface area contributed by atoms with E-state index in [1.165, 1.54) is 0 Å². The molecule has 2 N–H and O–H groups in total. The third-order valence-electron chi connectivity index (χ3n) is 4.55. The summed E-state index contributed by atoms with van der Waals surface area (Å²) in [6.07, 6.45) is 0.880. The maximum Gasteiger partial charge on any atom is 0.390 e. The predicted molar refractivity (Wildman–Crippen MR) is 71.6 cm³/mol. The smallest absolute Gasteiger partial charge is 0.389 e. The van der Waals surface area contributed by atoms with E-state index in [1.807, 2.05) is 4.90 Å². The molecule has 0 aromatic heterocycles. The summed E-state index contributed by atoms with van der Waals surface area (Å²) < 4.78 is 36.5. The molecule has 0 unspecified atom stereocenters. The van der Waals surface area contributed by atoms with Gasteiger partial charge in [0.1, 0.15) is 0 Å². The fourth-order valence-electron chi connectivity index (χ4n) is 3.19. The number of likely N-dealkylation sites (tertiary alicyclic amines) is 1. The average Bonchev–Trinajstić information content (AvgIpc) is 2.82. The van der Waals surface area contributed by atoms with Gasteiger partial charge in [0.25, 0.3) is 0 Å². The van der Waals surface area contributed by atoms with Gasteiger partial charge in [-0.05, 0) is 38.8 Å². The van der Waals surface area contributed by atoms with Crippen molar-refractivity contribution in [3.63, 3.8) is 0 Å². The molecule has 3 nitrogen and oxygen atoms in total. The number of hydrogen-bond acceptors (Lipinski definition) is 3. The minimum atomic E-state index is -4.05. The van der Waals surface area contributed by atoms with E-state index in [0.29, 0.717) is 25.7 Å². The van der Waals surface area contributed by atoms with Crippen LogP contribution in [0.4, 0.5) is 13.2 Å². The van der Waals surface area contributed by atoms with Gasteiger partial charge in [-0.15, -0.1) is 0 Å². The molecule has 0 atom stereocenters. The van der Waals surface area contributed by atoms with Crippen molar-refractivity contribution in [1.29, 1.82) is 0 Å². The number of nitrogens with zero attached hydrogens (tertiary/aromatic N) is 1. The van der Waals surface area contributed by atoms with Crippen molar-refractivity contribution in [2.75, 3.05) is 26.2 Å². The van der Waals surface area contributed by atoms with Gasteiger partial charge in [-0.25, -0.2) is 0 Å². The first-order chi connectivity index (χ1) is 9.36. The van der Waals surface area contributed by atoms with Crippen LogP contribution < -0.4 is 5.32 Å². The Hall–Kier alpha value is -0.330. The molecule has 2 aliphatic rings. The van der Waals surface area contributed by atoms with E-state index in [0.717, 1.165) is 38.5 Å². The summed E-state index contributed by atoms with van der Waals surface area (Å²) in [7, 11) is 0. The summed E-state index contributed by atoms with van der Waals surface area (Å²) >= 11 is 0. The number of aliphatic hydroxyl groups is 1.